The first-order valence-corrected chi connectivity index (χ1v) is 8.97. The Hall–Kier alpha value is -3.08. The van der Waals surface area contributed by atoms with Crippen LogP contribution in [0.4, 0.5) is 5.69 Å². The molecule has 0 aliphatic heterocycles. The molecule has 140 valence electrons. The molecule has 1 aromatic heterocycles. The molecule has 1 unspecified atom stereocenters. The Balaban J connectivity index is 1.71. The zero-order valence-corrected chi connectivity index (χ0v) is 16.1. The topological polar surface area (TPSA) is 71.3 Å². The van der Waals surface area contributed by atoms with Gasteiger partial charge in [-0.05, 0) is 61.7 Å². The first-order valence-electron chi connectivity index (χ1n) is 8.97. The second-order valence-corrected chi connectivity index (χ2v) is 6.97. The lowest BCUT2D eigenvalue weighted by Crippen LogP contribution is -2.28. The summed E-state index contributed by atoms with van der Waals surface area (Å²) in [5.74, 6) is -0.199. The largest absolute Gasteiger partial charge is 0.464 e. The fourth-order valence-corrected chi connectivity index (χ4v) is 3.11. The molecule has 0 saturated carbocycles. The van der Waals surface area contributed by atoms with Crippen molar-refractivity contribution in [1.82, 2.24) is 5.32 Å². The van der Waals surface area contributed by atoms with Gasteiger partial charge in [0.25, 0.3) is 0 Å². The third-order valence-electron chi connectivity index (χ3n) is 4.71. The van der Waals surface area contributed by atoms with Gasteiger partial charge in [0, 0.05) is 23.6 Å². The van der Waals surface area contributed by atoms with Gasteiger partial charge in [0.1, 0.15) is 5.58 Å². The molecule has 3 rings (SSSR count). The van der Waals surface area contributed by atoms with Gasteiger partial charge in [0.15, 0.2) is 0 Å². The van der Waals surface area contributed by atoms with Crippen molar-refractivity contribution in [2.45, 2.75) is 40.2 Å². The summed E-state index contributed by atoms with van der Waals surface area (Å²) in [5.41, 5.74) is 5.67. The molecule has 2 aromatic carbocycles. The predicted octanol–water partition coefficient (Wildman–Crippen LogP) is 4.43. The average molecular weight is 364 g/mol. The molecule has 2 amide bonds. The van der Waals surface area contributed by atoms with E-state index in [4.69, 9.17) is 4.42 Å². The number of rotatable bonds is 5. The van der Waals surface area contributed by atoms with E-state index in [1.54, 1.807) is 6.26 Å². The summed E-state index contributed by atoms with van der Waals surface area (Å²) in [6, 6.07) is 11.4. The van der Waals surface area contributed by atoms with Crippen LogP contribution >= 0.6 is 0 Å². The fourth-order valence-electron chi connectivity index (χ4n) is 3.11. The molecular formula is C22H24N2O3. The van der Waals surface area contributed by atoms with E-state index in [0.717, 1.165) is 22.1 Å². The lowest BCUT2D eigenvalue weighted by atomic mass is 10.0. The number of carbonyl (C=O) groups is 2. The molecule has 0 aliphatic carbocycles. The van der Waals surface area contributed by atoms with Gasteiger partial charge >= 0.3 is 0 Å². The zero-order valence-electron chi connectivity index (χ0n) is 16.1. The fraction of sp³-hybridized carbons (Fsp3) is 0.273. The highest BCUT2D eigenvalue weighted by atomic mass is 16.3. The molecule has 5 heteroatoms. The van der Waals surface area contributed by atoms with Crippen molar-refractivity contribution in [3.63, 3.8) is 0 Å². The Morgan fingerprint density at radius 2 is 1.85 bits per heavy atom. The molecular weight excluding hydrogens is 340 g/mol. The predicted molar refractivity (Wildman–Crippen MR) is 107 cm³/mol. The molecule has 5 nitrogen and oxygen atoms in total. The molecule has 0 radical (unpaired) electrons. The minimum absolute atomic E-state index is 0.0756. The number of hydrogen-bond donors (Lipinski definition) is 2. The lowest BCUT2D eigenvalue weighted by Gasteiger charge is -2.15. The molecule has 27 heavy (non-hydrogen) atoms. The van der Waals surface area contributed by atoms with Crippen molar-refractivity contribution < 1.29 is 14.0 Å². The van der Waals surface area contributed by atoms with Gasteiger partial charge in [0.05, 0.1) is 18.7 Å². The maximum absolute atomic E-state index is 12.5. The van der Waals surface area contributed by atoms with Crippen molar-refractivity contribution in [3.05, 3.63) is 64.9 Å². The third-order valence-corrected chi connectivity index (χ3v) is 4.71. The normalized spacial score (nSPS) is 12.0. The van der Waals surface area contributed by atoms with Crippen LogP contribution in [0.5, 0.6) is 0 Å². The number of hydrogen-bond acceptors (Lipinski definition) is 3. The summed E-state index contributed by atoms with van der Waals surface area (Å²) in [6.07, 6.45) is 1.91. The Bertz CT molecular complexity index is 1000. The smallest absolute Gasteiger partial charge is 0.225 e. The van der Waals surface area contributed by atoms with E-state index in [1.165, 1.54) is 18.1 Å². The van der Waals surface area contributed by atoms with Crippen LogP contribution in [0.15, 0.2) is 47.1 Å². The Kier molecular flexibility index (Phi) is 5.31. The van der Waals surface area contributed by atoms with Gasteiger partial charge in [-0.3, -0.25) is 9.59 Å². The quantitative estimate of drug-likeness (QED) is 0.704. The van der Waals surface area contributed by atoms with Gasteiger partial charge in [-0.2, -0.15) is 0 Å². The first kappa shape index (κ1) is 18.7. The number of fused-ring (bicyclic) bond motifs is 1. The summed E-state index contributed by atoms with van der Waals surface area (Å²) >= 11 is 0. The molecule has 3 aromatic rings. The third kappa shape index (κ3) is 4.37. The average Bonchev–Trinajstić information content (AvgIpc) is 2.96. The van der Waals surface area contributed by atoms with Crippen LogP contribution in [0.3, 0.4) is 0 Å². The summed E-state index contributed by atoms with van der Waals surface area (Å²) in [7, 11) is 0. The maximum atomic E-state index is 12.5. The second-order valence-electron chi connectivity index (χ2n) is 6.97. The molecule has 0 bridgehead atoms. The number of benzene rings is 2. The van der Waals surface area contributed by atoms with E-state index in [-0.39, 0.29) is 24.3 Å². The van der Waals surface area contributed by atoms with Crippen LogP contribution in [0.25, 0.3) is 11.0 Å². The molecule has 0 spiro atoms. The van der Waals surface area contributed by atoms with Gasteiger partial charge in [-0.1, -0.05) is 12.1 Å². The SMILES string of the molecule is CC(=O)Nc1cccc(C(C)NC(=O)Cc2coc3cc(C)c(C)cc23)c1. The Morgan fingerprint density at radius 3 is 2.59 bits per heavy atom. The van der Waals surface area contributed by atoms with Crippen molar-refractivity contribution in [2.24, 2.45) is 0 Å². The van der Waals surface area contributed by atoms with Crippen LogP contribution in [0, 0.1) is 13.8 Å². The monoisotopic (exact) mass is 364 g/mol. The minimum Gasteiger partial charge on any atom is -0.464 e. The summed E-state index contributed by atoms with van der Waals surface area (Å²) < 4.78 is 5.61. The Morgan fingerprint density at radius 1 is 1.11 bits per heavy atom. The van der Waals surface area contributed by atoms with Crippen LogP contribution in [-0.4, -0.2) is 11.8 Å². The highest BCUT2D eigenvalue weighted by Gasteiger charge is 2.14. The van der Waals surface area contributed by atoms with E-state index < -0.39 is 0 Å². The number of amides is 2. The van der Waals surface area contributed by atoms with Gasteiger partial charge < -0.3 is 15.1 Å². The maximum Gasteiger partial charge on any atom is 0.225 e. The number of nitrogens with one attached hydrogen (secondary N) is 2. The summed E-state index contributed by atoms with van der Waals surface area (Å²) in [5, 5.41) is 6.75. The minimum atomic E-state index is -0.173. The van der Waals surface area contributed by atoms with E-state index in [1.807, 2.05) is 44.2 Å². The van der Waals surface area contributed by atoms with Crippen molar-refractivity contribution in [1.29, 1.82) is 0 Å². The van der Waals surface area contributed by atoms with E-state index in [9.17, 15) is 9.59 Å². The van der Waals surface area contributed by atoms with E-state index in [0.29, 0.717) is 5.69 Å². The highest BCUT2D eigenvalue weighted by molar-refractivity contribution is 5.89. The van der Waals surface area contributed by atoms with E-state index in [2.05, 4.69) is 23.6 Å². The number of anilines is 1. The molecule has 2 N–H and O–H groups in total. The van der Waals surface area contributed by atoms with Gasteiger partial charge in [-0.25, -0.2) is 0 Å². The van der Waals surface area contributed by atoms with Gasteiger partial charge in [0.2, 0.25) is 11.8 Å². The van der Waals surface area contributed by atoms with Gasteiger partial charge in [-0.15, -0.1) is 0 Å². The summed E-state index contributed by atoms with van der Waals surface area (Å²) in [6.45, 7) is 7.48. The highest BCUT2D eigenvalue weighted by Crippen LogP contribution is 2.25. The molecule has 0 aliphatic rings. The van der Waals surface area contributed by atoms with Crippen LogP contribution in [-0.2, 0) is 16.0 Å². The number of carbonyl (C=O) groups excluding carboxylic acids is 2. The molecule has 1 heterocycles. The second kappa shape index (κ2) is 7.66. The summed E-state index contributed by atoms with van der Waals surface area (Å²) in [4.78, 5) is 23.7. The standard InChI is InChI=1S/C22H24N2O3/c1-13-8-20-18(12-27-21(20)9-14(13)2)11-22(26)23-15(3)17-6-5-7-19(10-17)24-16(4)25/h5-10,12,15H,11H2,1-4H3,(H,23,26)(H,24,25). The van der Waals surface area contributed by atoms with Crippen molar-refractivity contribution in [2.75, 3.05) is 5.32 Å². The zero-order chi connectivity index (χ0) is 19.6. The van der Waals surface area contributed by atoms with Crippen LogP contribution in [0.2, 0.25) is 0 Å². The van der Waals surface area contributed by atoms with Crippen molar-refractivity contribution in [3.8, 4) is 0 Å². The molecule has 0 fully saturated rings. The molecule has 0 saturated heterocycles. The van der Waals surface area contributed by atoms with E-state index >= 15 is 0 Å². The van der Waals surface area contributed by atoms with Crippen LogP contribution < -0.4 is 10.6 Å². The Labute approximate surface area is 158 Å². The lowest BCUT2D eigenvalue weighted by molar-refractivity contribution is -0.121. The molecule has 1 atom stereocenters. The number of aryl methyl sites for hydroxylation is 2. The van der Waals surface area contributed by atoms with Crippen LogP contribution in [0.1, 0.15) is 42.1 Å². The number of furan rings is 1. The van der Waals surface area contributed by atoms with Crippen molar-refractivity contribution >= 4 is 28.5 Å². The first-order chi connectivity index (χ1) is 12.8.